The van der Waals surface area contributed by atoms with Gasteiger partial charge >= 0.3 is 0 Å². The minimum Gasteiger partial charge on any atom is -0.294 e. The number of nitrogens with zero attached hydrogens (tertiary/aromatic N) is 1. The zero-order valence-electron chi connectivity index (χ0n) is 7.62. The number of pyridine rings is 1. The molecule has 1 aromatic heterocycles. The van der Waals surface area contributed by atoms with Gasteiger partial charge in [0.15, 0.2) is 5.78 Å². The zero-order valence-corrected chi connectivity index (χ0v) is 8.38. The van der Waals surface area contributed by atoms with Gasteiger partial charge < -0.3 is 0 Å². The molecule has 0 atom stereocenters. The molecule has 3 heteroatoms. The van der Waals surface area contributed by atoms with Crippen molar-refractivity contribution in [1.29, 1.82) is 0 Å². The minimum absolute atomic E-state index is 0.0562. The molecular formula is C11H8ClNO. The lowest BCUT2D eigenvalue weighted by Crippen LogP contribution is -1.96. The van der Waals surface area contributed by atoms with E-state index in [1.165, 1.54) is 6.92 Å². The van der Waals surface area contributed by atoms with Gasteiger partial charge in [0.05, 0.1) is 16.1 Å². The summed E-state index contributed by atoms with van der Waals surface area (Å²) in [5.41, 5.74) is 1.18. The van der Waals surface area contributed by atoms with Crippen molar-refractivity contribution < 1.29 is 4.79 Å². The van der Waals surface area contributed by atoms with Gasteiger partial charge in [-0.15, -0.1) is 0 Å². The maximum atomic E-state index is 11.4. The molecule has 0 N–H and O–H groups in total. The average molecular weight is 206 g/mol. The largest absolute Gasteiger partial charge is 0.294 e. The highest BCUT2D eigenvalue weighted by Crippen LogP contribution is 2.24. The van der Waals surface area contributed by atoms with Crippen LogP contribution in [0.1, 0.15) is 17.3 Å². The predicted octanol–water partition coefficient (Wildman–Crippen LogP) is 3.09. The van der Waals surface area contributed by atoms with Crippen LogP contribution in [0.4, 0.5) is 0 Å². The van der Waals surface area contributed by atoms with Crippen LogP contribution in [0.5, 0.6) is 0 Å². The van der Waals surface area contributed by atoms with E-state index in [4.69, 9.17) is 11.6 Å². The van der Waals surface area contributed by atoms with Gasteiger partial charge in [0.25, 0.3) is 0 Å². The number of fused-ring (bicyclic) bond motifs is 1. The highest BCUT2D eigenvalue weighted by atomic mass is 35.5. The van der Waals surface area contributed by atoms with Crippen molar-refractivity contribution >= 4 is 28.3 Å². The van der Waals surface area contributed by atoms with Gasteiger partial charge in [-0.3, -0.25) is 9.78 Å². The maximum Gasteiger partial charge on any atom is 0.163 e. The van der Waals surface area contributed by atoms with Crippen LogP contribution >= 0.6 is 11.6 Å². The van der Waals surface area contributed by atoms with E-state index >= 15 is 0 Å². The molecule has 1 heterocycles. The second-order valence-corrected chi connectivity index (χ2v) is 3.46. The molecule has 0 aliphatic carbocycles. The van der Waals surface area contributed by atoms with Gasteiger partial charge in [-0.25, -0.2) is 0 Å². The van der Waals surface area contributed by atoms with Crippen LogP contribution in [0.3, 0.4) is 0 Å². The first-order valence-electron chi connectivity index (χ1n) is 4.24. The number of halogens is 1. The molecule has 0 radical (unpaired) electrons. The number of ketones is 1. The Kier molecular flexibility index (Phi) is 2.22. The number of benzene rings is 1. The van der Waals surface area contributed by atoms with Crippen molar-refractivity contribution in [3.8, 4) is 0 Å². The Hall–Kier alpha value is -1.41. The topological polar surface area (TPSA) is 30.0 Å². The van der Waals surface area contributed by atoms with Gasteiger partial charge in [0, 0.05) is 11.6 Å². The highest BCUT2D eigenvalue weighted by molar-refractivity contribution is 6.35. The Morgan fingerprint density at radius 2 is 2.14 bits per heavy atom. The number of hydrogen-bond acceptors (Lipinski definition) is 2. The SMILES string of the molecule is CC(=O)c1c(Cl)ccc2cccnc12. The van der Waals surface area contributed by atoms with E-state index in [0.717, 1.165) is 5.39 Å². The molecular weight excluding hydrogens is 198 g/mol. The minimum atomic E-state index is -0.0562. The van der Waals surface area contributed by atoms with Gasteiger partial charge in [0.1, 0.15) is 0 Å². The molecule has 0 saturated carbocycles. The van der Waals surface area contributed by atoms with Gasteiger partial charge in [-0.05, 0) is 19.1 Å². The second-order valence-electron chi connectivity index (χ2n) is 3.05. The quantitative estimate of drug-likeness (QED) is 0.670. The Labute approximate surface area is 86.5 Å². The van der Waals surface area contributed by atoms with Crippen LogP contribution < -0.4 is 0 Å². The van der Waals surface area contributed by atoms with Crippen molar-refractivity contribution in [3.05, 3.63) is 41.0 Å². The number of carbonyl (C=O) groups excluding carboxylic acids is 1. The summed E-state index contributed by atoms with van der Waals surface area (Å²) in [6.45, 7) is 1.50. The smallest absolute Gasteiger partial charge is 0.163 e. The van der Waals surface area contributed by atoms with E-state index in [0.29, 0.717) is 16.1 Å². The predicted molar refractivity (Wildman–Crippen MR) is 56.8 cm³/mol. The molecule has 0 aliphatic rings. The average Bonchev–Trinajstić information content (AvgIpc) is 2.17. The lowest BCUT2D eigenvalue weighted by molar-refractivity contribution is 0.101. The standard InChI is InChI=1S/C11H8ClNO/c1-7(14)10-9(12)5-4-8-3-2-6-13-11(8)10/h2-6H,1H3. The third-order valence-electron chi connectivity index (χ3n) is 2.08. The van der Waals surface area contributed by atoms with Gasteiger partial charge in [-0.2, -0.15) is 0 Å². The number of rotatable bonds is 1. The normalized spacial score (nSPS) is 10.4. The first kappa shape index (κ1) is 9.16. The third kappa shape index (κ3) is 1.38. The van der Waals surface area contributed by atoms with Crippen molar-refractivity contribution in [2.24, 2.45) is 0 Å². The fourth-order valence-electron chi connectivity index (χ4n) is 1.46. The molecule has 14 heavy (non-hydrogen) atoms. The monoisotopic (exact) mass is 205 g/mol. The molecule has 0 unspecified atom stereocenters. The molecule has 1 aromatic carbocycles. The molecule has 0 aliphatic heterocycles. The summed E-state index contributed by atoms with van der Waals surface area (Å²) in [6.07, 6.45) is 1.66. The van der Waals surface area contributed by atoms with Crippen LogP contribution in [0.15, 0.2) is 30.5 Å². The Balaban J connectivity index is 2.90. The number of aromatic nitrogens is 1. The molecule has 2 rings (SSSR count). The first-order valence-corrected chi connectivity index (χ1v) is 4.62. The molecule has 0 saturated heterocycles. The molecule has 0 fully saturated rings. The van der Waals surface area contributed by atoms with E-state index < -0.39 is 0 Å². The molecule has 70 valence electrons. The summed E-state index contributed by atoms with van der Waals surface area (Å²) in [7, 11) is 0. The zero-order chi connectivity index (χ0) is 10.1. The fraction of sp³-hybridized carbons (Fsp3) is 0.0909. The lowest BCUT2D eigenvalue weighted by atomic mass is 10.1. The van der Waals surface area contributed by atoms with E-state index in [1.807, 2.05) is 18.2 Å². The van der Waals surface area contributed by atoms with Crippen LogP contribution in [-0.2, 0) is 0 Å². The van der Waals surface area contributed by atoms with Crippen molar-refractivity contribution in [2.45, 2.75) is 6.92 Å². The summed E-state index contributed by atoms with van der Waals surface area (Å²) in [5, 5.41) is 1.39. The summed E-state index contributed by atoms with van der Waals surface area (Å²) in [4.78, 5) is 15.5. The van der Waals surface area contributed by atoms with Crippen molar-refractivity contribution in [1.82, 2.24) is 4.98 Å². The highest BCUT2D eigenvalue weighted by Gasteiger charge is 2.10. The first-order chi connectivity index (χ1) is 6.70. The van der Waals surface area contributed by atoms with Gasteiger partial charge in [0.2, 0.25) is 0 Å². The number of hydrogen-bond donors (Lipinski definition) is 0. The molecule has 2 nitrogen and oxygen atoms in total. The van der Waals surface area contributed by atoms with E-state index in [2.05, 4.69) is 4.98 Å². The Bertz CT molecular complexity index is 508. The van der Waals surface area contributed by atoms with Gasteiger partial charge in [-0.1, -0.05) is 23.7 Å². The Morgan fingerprint density at radius 3 is 2.86 bits per heavy atom. The Morgan fingerprint density at radius 1 is 1.36 bits per heavy atom. The molecule has 0 bridgehead atoms. The molecule has 0 amide bonds. The van der Waals surface area contributed by atoms with Crippen molar-refractivity contribution in [2.75, 3.05) is 0 Å². The number of Topliss-reactive ketones (excluding diaryl/α,β-unsaturated/α-hetero) is 1. The summed E-state index contributed by atoms with van der Waals surface area (Å²) in [6, 6.07) is 7.32. The second kappa shape index (κ2) is 3.39. The maximum absolute atomic E-state index is 11.4. The third-order valence-corrected chi connectivity index (χ3v) is 2.39. The van der Waals surface area contributed by atoms with E-state index in [9.17, 15) is 4.79 Å². The summed E-state index contributed by atoms with van der Waals surface area (Å²) < 4.78 is 0. The van der Waals surface area contributed by atoms with Crippen LogP contribution in [0.2, 0.25) is 5.02 Å². The van der Waals surface area contributed by atoms with Crippen LogP contribution in [0.25, 0.3) is 10.9 Å². The van der Waals surface area contributed by atoms with E-state index in [1.54, 1.807) is 12.3 Å². The van der Waals surface area contributed by atoms with Crippen molar-refractivity contribution in [3.63, 3.8) is 0 Å². The summed E-state index contributed by atoms with van der Waals surface area (Å²) in [5.74, 6) is -0.0562. The molecule has 0 spiro atoms. The van der Waals surface area contributed by atoms with Crippen LogP contribution in [-0.4, -0.2) is 10.8 Å². The summed E-state index contributed by atoms with van der Waals surface area (Å²) >= 11 is 5.94. The lowest BCUT2D eigenvalue weighted by Gasteiger charge is -2.03. The van der Waals surface area contributed by atoms with Crippen LogP contribution in [0, 0.1) is 0 Å². The van der Waals surface area contributed by atoms with E-state index in [-0.39, 0.29) is 5.78 Å². The molecule has 2 aromatic rings. The fourth-order valence-corrected chi connectivity index (χ4v) is 1.74. The number of carbonyl (C=O) groups is 1.